The summed E-state index contributed by atoms with van der Waals surface area (Å²) in [7, 11) is 1.84. The Bertz CT molecular complexity index is 690. The van der Waals surface area contributed by atoms with Crippen LogP contribution in [0.1, 0.15) is 20.3 Å². The summed E-state index contributed by atoms with van der Waals surface area (Å²) in [5.41, 5.74) is 0.768. The molecule has 1 N–H and O–H groups in total. The van der Waals surface area contributed by atoms with Gasteiger partial charge in [0, 0.05) is 33.1 Å². The van der Waals surface area contributed by atoms with Crippen LogP contribution in [0.15, 0.2) is 12.5 Å². The molecule has 0 aliphatic carbocycles. The van der Waals surface area contributed by atoms with Crippen molar-refractivity contribution in [3.05, 3.63) is 12.5 Å². The summed E-state index contributed by atoms with van der Waals surface area (Å²) in [6, 6.07) is 0. The van der Waals surface area contributed by atoms with E-state index >= 15 is 0 Å². The van der Waals surface area contributed by atoms with Crippen molar-refractivity contribution in [3.63, 3.8) is 0 Å². The molecular formula is C15H22N6O2. The Morgan fingerprint density at radius 1 is 1.35 bits per heavy atom. The number of nitrogens with one attached hydrogen (secondary N) is 1. The normalized spacial score (nSPS) is 21.6. The Kier molecular flexibility index (Phi) is 4.42. The molecule has 1 fully saturated rings. The number of nitrogens with zero attached hydrogens (tertiary/aromatic N) is 5. The second-order valence-electron chi connectivity index (χ2n) is 5.96. The molecule has 1 amide bonds. The van der Waals surface area contributed by atoms with Gasteiger partial charge in [-0.15, -0.1) is 0 Å². The van der Waals surface area contributed by atoms with Gasteiger partial charge in [-0.2, -0.15) is 5.10 Å². The molecule has 0 aromatic carbocycles. The quantitative estimate of drug-likeness (QED) is 0.897. The molecule has 3 heterocycles. The number of rotatable bonds is 4. The van der Waals surface area contributed by atoms with Crippen molar-refractivity contribution in [2.24, 2.45) is 7.05 Å². The van der Waals surface area contributed by atoms with E-state index in [1.54, 1.807) is 10.9 Å². The monoisotopic (exact) mass is 318 g/mol. The van der Waals surface area contributed by atoms with Crippen molar-refractivity contribution in [2.75, 3.05) is 25.0 Å². The van der Waals surface area contributed by atoms with Gasteiger partial charge in [0.1, 0.15) is 12.1 Å². The lowest BCUT2D eigenvalue weighted by atomic mass is 10.2. The SMILES string of the molecule is CC1CN(C(=O)CCNc2ncnc3c2cnn3C)CC(C)O1. The second-order valence-corrected chi connectivity index (χ2v) is 5.96. The summed E-state index contributed by atoms with van der Waals surface area (Å²) >= 11 is 0. The van der Waals surface area contributed by atoms with Crippen molar-refractivity contribution in [3.8, 4) is 0 Å². The molecule has 0 radical (unpaired) electrons. The van der Waals surface area contributed by atoms with E-state index in [1.165, 1.54) is 6.33 Å². The van der Waals surface area contributed by atoms with Gasteiger partial charge in [-0.1, -0.05) is 0 Å². The fourth-order valence-electron chi connectivity index (χ4n) is 2.93. The smallest absolute Gasteiger partial charge is 0.224 e. The maximum Gasteiger partial charge on any atom is 0.224 e. The molecule has 1 aliphatic heterocycles. The number of anilines is 1. The van der Waals surface area contributed by atoms with Gasteiger partial charge in [-0.05, 0) is 13.8 Å². The van der Waals surface area contributed by atoms with Gasteiger partial charge < -0.3 is 15.0 Å². The molecule has 3 rings (SSSR count). The molecule has 0 spiro atoms. The van der Waals surface area contributed by atoms with Crippen LogP contribution in [0, 0.1) is 0 Å². The number of ether oxygens (including phenoxy) is 1. The van der Waals surface area contributed by atoms with Crippen LogP contribution in [0.2, 0.25) is 0 Å². The van der Waals surface area contributed by atoms with E-state index in [-0.39, 0.29) is 18.1 Å². The van der Waals surface area contributed by atoms with Crippen molar-refractivity contribution < 1.29 is 9.53 Å². The first-order chi connectivity index (χ1) is 11.0. The minimum absolute atomic E-state index is 0.0903. The zero-order chi connectivity index (χ0) is 16.4. The van der Waals surface area contributed by atoms with Crippen molar-refractivity contribution >= 4 is 22.8 Å². The lowest BCUT2D eigenvalue weighted by Crippen LogP contribution is -2.48. The lowest BCUT2D eigenvalue weighted by Gasteiger charge is -2.35. The van der Waals surface area contributed by atoms with Gasteiger partial charge in [-0.3, -0.25) is 9.48 Å². The average Bonchev–Trinajstić information content (AvgIpc) is 2.89. The Labute approximate surface area is 134 Å². The molecule has 0 saturated carbocycles. The minimum atomic E-state index is 0.0903. The first-order valence-electron chi connectivity index (χ1n) is 7.84. The predicted molar refractivity (Wildman–Crippen MR) is 86.0 cm³/mol. The second kappa shape index (κ2) is 6.49. The van der Waals surface area contributed by atoms with Crippen LogP contribution in [-0.2, 0) is 16.6 Å². The Morgan fingerprint density at radius 3 is 2.83 bits per heavy atom. The lowest BCUT2D eigenvalue weighted by molar-refractivity contribution is -0.142. The number of fused-ring (bicyclic) bond motifs is 1. The van der Waals surface area contributed by atoms with Crippen molar-refractivity contribution in [1.82, 2.24) is 24.6 Å². The van der Waals surface area contributed by atoms with Gasteiger partial charge in [0.2, 0.25) is 5.91 Å². The Hall–Kier alpha value is -2.22. The number of aryl methyl sites for hydroxylation is 1. The van der Waals surface area contributed by atoms with Gasteiger partial charge in [0.05, 0.1) is 23.8 Å². The van der Waals surface area contributed by atoms with Crippen LogP contribution in [0.5, 0.6) is 0 Å². The molecule has 0 bridgehead atoms. The topological polar surface area (TPSA) is 85.2 Å². The van der Waals surface area contributed by atoms with Crippen LogP contribution in [0.3, 0.4) is 0 Å². The summed E-state index contributed by atoms with van der Waals surface area (Å²) in [5.74, 6) is 0.843. The molecule has 2 atom stereocenters. The summed E-state index contributed by atoms with van der Waals surface area (Å²) < 4.78 is 7.35. The van der Waals surface area contributed by atoms with E-state index in [9.17, 15) is 4.79 Å². The third-order valence-electron chi connectivity index (χ3n) is 3.93. The molecule has 8 nitrogen and oxygen atoms in total. The highest BCUT2D eigenvalue weighted by atomic mass is 16.5. The summed E-state index contributed by atoms with van der Waals surface area (Å²) in [5, 5.41) is 8.24. The van der Waals surface area contributed by atoms with Crippen LogP contribution in [-0.4, -0.2) is 62.4 Å². The fourth-order valence-corrected chi connectivity index (χ4v) is 2.93. The Morgan fingerprint density at radius 2 is 2.09 bits per heavy atom. The first kappa shape index (κ1) is 15.7. The molecule has 124 valence electrons. The standard InChI is InChI=1S/C15H22N6O2/c1-10-7-21(8-11(2)23-10)13(22)4-5-16-14-12-6-19-20(3)15(12)18-9-17-14/h6,9-11H,4-5,7-8H2,1-3H3,(H,16,17,18). The number of hydrogen-bond donors (Lipinski definition) is 1. The van der Waals surface area contributed by atoms with Crippen molar-refractivity contribution in [1.29, 1.82) is 0 Å². The largest absolute Gasteiger partial charge is 0.372 e. The first-order valence-corrected chi connectivity index (χ1v) is 7.84. The molecule has 2 unspecified atom stereocenters. The van der Waals surface area contributed by atoms with E-state index < -0.39 is 0 Å². The molecule has 2 aromatic heterocycles. The zero-order valence-corrected chi connectivity index (χ0v) is 13.7. The molecule has 1 aliphatic rings. The highest BCUT2D eigenvalue weighted by Crippen LogP contribution is 2.18. The fraction of sp³-hybridized carbons (Fsp3) is 0.600. The van der Waals surface area contributed by atoms with E-state index in [4.69, 9.17) is 4.74 Å². The summed E-state index contributed by atoms with van der Waals surface area (Å²) in [4.78, 5) is 22.6. The molecule has 23 heavy (non-hydrogen) atoms. The third-order valence-corrected chi connectivity index (χ3v) is 3.93. The van der Waals surface area contributed by atoms with E-state index in [2.05, 4.69) is 20.4 Å². The highest BCUT2D eigenvalue weighted by molar-refractivity contribution is 5.86. The Balaban J connectivity index is 1.57. The van der Waals surface area contributed by atoms with Crippen LogP contribution in [0.4, 0.5) is 5.82 Å². The van der Waals surface area contributed by atoms with E-state index in [1.807, 2.05) is 25.8 Å². The van der Waals surface area contributed by atoms with Crippen LogP contribution >= 0.6 is 0 Å². The van der Waals surface area contributed by atoms with E-state index in [0.29, 0.717) is 31.9 Å². The minimum Gasteiger partial charge on any atom is -0.372 e. The van der Waals surface area contributed by atoms with Crippen LogP contribution < -0.4 is 5.32 Å². The third kappa shape index (κ3) is 3.42. The predicted octanol–water partition coefficient (Wildman–Crippen LogP) is 0.801. The van der Waals surface area contributed by atoms with Gasteiger partial charge in [0.15, 0.2) is 5.65 Å². The number of hydrogen-bond acceptors (Lipinski definition) is 6. The highest BCUT2D eigenvalue weighted by Gasteiger charge is 2.25. The number of amides is 1. The zero-order valence-electron chi connectivity index (χ0n) is 13.7. The molecule has 1 saturated heterocycles. The van der Waals surface area contributed by atoms with Crippen LogP contribution in [0.25, 0.3) is 11.0 Å². The number of carbonyl (C=O) groups excluding carboxylic acids is 1. The number of morpholine rings is 1. The maximum absolute atomic E-state index is 12.3. The van der Waals surface area contributed by atoms with Gasteiger partial charge in [0.25, 0.3) is 0 Å². The number of aromatic nitrogens is 4. The van der Waals surface area contributed by atoms with Crippen molar-refractivity contribution in [2.45, 2.75) is 32.5 Å². The van der Waals surface area contributed by atoms with Gasteiger partial charge >= 0.3 is 0 Å². The van der Waals surface area contributed by atoms with E-state index in [0.717, 1.165) is 11.0 Å². The number of carbonyl (C=O) groups is 1. The van der Waals surface area contributed by atoms with Gasteiger partial charge in [-0.25, -0.2) is 9.97 Å². The molecule has 8 heteroatoms. The summed E-state index contributed by atoms with van der Waals surface area (Å²) in [6.07, 6.45) is 3.83. The molecule has 2 aromatic rings. The average molecular weight is 318 g/mol. The maximum atomic E-state index is 12.3. The summed E-state index contributed by atoms with van der Waals surface area (Å²) in [6.45, 7) is 5.83. The molecular weight excluding hydrogens is 296 g/mol.